The molecule has 66 valence electrons. The molecule has 0 saturated carbocycles. The molecule has 1 amide bonds. The lowest BCUT2D eigenvalue weighted by Crippen LogP contribution is -2.38. The first-order valence-electron chi connectivity index (χ1n) is 3.68. The Labute approximate surface area is 68.1 Å². The van der Waals surface area contributed by atoms with Crippen LogP contribution in [0.2, 0.25) is 0 Å². The smallest absolute Gasteiger partial charge is 0.219 e. The minimum atomic E-state index is 0.106. The minimum absolute atomic E-state index is 0.106. The van der Waals surface area contributed by atoms with Gasteiger partial charge in [-0.25, -0.2) is 5.01 Å². The van der Waals surface area contributed by atoms with Crippen LogP contribution in [-0.4, -0.2) is 50.0 Å². The van der Waals surface area contributed by atoms with Crippen molar-refractivity contribution in [3.63, 3.8) is 0 Å². The summed E-state index contributed by atoms with van der Waals surface area (Å²) in [6.07, 6.45) is 0. The lowest BCUT2D eigenvalue weighted by Gasteiger charge is -2.19. The number of carbonyl (C=O) groups excluding carboxylic acids is 1. The molecule has 0 aliphatic carbocycles. The van der Waals surface area contributed by atoms with Gasteiger partial charge in [0, 0.05) is 34.1 Å². The molecular formula is C7H17N3O. The van der Waals surface area contributed by atoms with E-state index in [0.717, 1.165) is 13.1 Å². The molecule has 0 aliphatic heterocycles. The third-order valence-electron chi connectivity index (χ3n) is 1.69. The molecule has 0 spiro atoms. The van der Waals surface area contributed by atoms with Gasteiger partial charge >= 0.3 is 0 Å². The molecule has 1 N–H and O–H groups in total. The monoisotopic (exact) mass is 159 g/mol. The summed E-state index contributed by atoms with van der Waals surface area (Å²) in [5.41, 5.74) is 2.95. The number of hydrogen-bond donors (Lipinski definition) is 1. The Morgan fingerprint density at radius 3 is 2.27 bits per heavy atom. The molecule has 0 bridgehead atoms. The van der Waals surface area contributed by atoms with Gasteiger partial charge in [-0.05, 0) is 7.05 Å². The van der Waals surface area contributed by atoms with Crippen molar-refractivity contribution in [2.75, 3.05) is 34.2 Å². The molecule has 0 aliphatic rings. The van der Waals surface area contributed by atoms with E-state index >= 15 is 0 Å². The number of amides is 1. The number of hydrazine groups is 1. The predicted molar refractivity (Wildman–Crippen MR) is 45.0 cm³/mol. The van der Waals surface area contributed by atoms with Crippen molar-refractivity contribution in [2.24, 2.45) is 0 Å². The zero-order valence-electron chi connectivity index (χ0n) is 7.72. The summed E-state index contributed by atoms with van der Waals surface area (Å²) in [5.74, 6) is 0.106. The van der Waals surface area contributed by atoms with Crippen molar-refractivity contribution >= 4 is 5.91 Å². The van der Waals surface area contributed by atoms with Crippen molar-refractivity contribution in [3.8, 4) is 0 Å². The van der Waals surface area contributed by atoms with Gasteiger partial charge in [0.05, 0.1) is 0 Å². The van der Waals surface area contributed by atoms with Gasteiger partial charge in [-0.3, -0.25) is 10.2 Å². The van der Waals surface area contributed by atoms with Crippen LogP contribution in [0.25, 0.3) is 0 Å². The van der Waals surface area contributed by atoms with Gasteiger partial charge in [0.25, 0.3) is 0 Å². The quantitative estimate of drug-likeness (QED) is 0.563. The second-order valence-corrected chi connectivity index (χ2v) is 2.59. The average Bonchev–Trinajstić information content (AvgIpc) is 1.99. The van der Waals surface area contributed by atoms with E-state index in [9.17, 15) is 4.79 Å². The maximum Gasteiger partial charge on any atom is 0.219 e. The Morgan fingerprint density at radius 1 is 1.36 bits per heavy atom. The zero-order valence-corrected chi connectivity index (χ0v) is 7.72. The molecule has 0 atom stereocenters. The Kier molecular flexibility index (Phi) is 4.81. The van der Waals surface area contributed by atoms with E-state index < -0.39 is 0 Å². The van der Waals surface area contributed by atoms with Crippen molar-refractivity contribution in [2.45, 2.75) is 6.92 Å². The highest BCUT2D eigenvalue weighted by molar-refractivity contribution is 5.72. The highest BCUT2D eigenvalue weighted by Crippen LogP contribution is 1.83. The molecule has 0 rings (SSSR count). The Bertz CT molecular complexity index is 127. The molecular weight excluding hydrogens is 142 g/mol. The van der Waals surface area contributed by atoms with Crippen LogP contribution in [-0.2, 0) is 4.79 Å². The highest BCUT2D eigenvalue weighted by atomic mass is 16.2. The maximum absolute atomic E-state index is 10.7. The number of nitrogens with one attached hydrogen (secondary N) is 1. The molecule has 4 nitrogen and oxygen atoms in total. The molecule has 0 saturated heterocycles. The number of carbonyl (C=O) groups is 1. The molecule has 0 radical (unpaired) electrons. The summed E-state index contributed by atoms with van der Waals surface area (Å²) in [7, 11) is 5.59. The predicted octanol–water partition coefficient (Wildman–Crippen LogP) is -0.469. The van der Waals surface area contributed by atoms with Crippen LogP contribution in [0.15, 0.2) is 0 Å². The highest BCUT2D eigenvalue weighted by Gasteiger charge is 2.01. The summed E-state index contributed by atoms with van der Waals surface area (Å²) in [6.45, 7) is 3.17. The Balaban J connectivity index is 3.45. The fraction of sp³-hybridized carbons (Fsp3) is 0.857. The van der Waals surface area contributed by atoms with Crippen LogP contribution < -0.4 is 5.43 Å². The van der Waals surface area contributed by atoms with Crippen LogP contribution in [0, 0.1) is 0 Å². The molecule has 0 fully saturated rings. The van der Waals surface area contributed by atoms with Crippen LogP contribution in [0.4, 0.5) is 0 Å². The molecule has 4 heteroatoms. The van der Waals surface area contributed by atoms with E-state index in [1.807, 2.05) is 19.1 Å². The van der Waals surface area contributed by atoms with Crippen LogP contribution in [0.1, 0.15) is 6.92 Å². The van der Waals surface area contributed by atoms with Gasteiger partial charge in [0.2, 0.25) is 5.91 Å². The van der Waals surface area contributed by atoms with Gasteiger partial charge in [-0.15, -0.1) is 0 Å². The molecule has 0 aromatic heterocycles. The molecule has 0 aromatic rings. The van der Waals surface area contributed by atoms with Crippen LogP contribution in [0.5, 0.6) is 0 Å². The standard InChI is InChI=1S/C7H17N3O/c1-7(11)9(3)5-6-10(4)8-2/h8H,5-6H2,1-4H3. The third-order valence-corrected chi connectivity index (χ3v) is 1.69. The maximum atomic E-state index is 10.7. The van der Waals surface area contributed by atoms with E-state index in [0.29, 0.717) is 0 Å². The van der Waals surface area contributed by atoms with Crippen molar-refractivity contribution in [1.29, 1.82) is 0 Å². The summed E-state index contributed by atoms with van der Waals surface area (Å²) in [6, 6.07) is 0. The molecule has 0 aromatic carbocycles. The fourth-order valence-electron chi connectivity index (χ4n) is 0.569. The molecule has 11 heavy (non-hydrogen) atoms. The van der Waals surface area contributed by atoms with E-state index in [1.54, 1.807) is 18.9 Å². The second kappa shape index (κ2) is 5.09. The summed E-state index contributed by atoms with van der Waals surface area (Å²) in [4.78, 5) is 12.4. The lowest BCUT2D eigenvalue weighted by molar-refractivity contribution is -0.127. The first-order valence-corrected chi connectivity index (χ1v) is 3.68. The number of likely N-dealkylation sites (N-methyl/N-ethyl adjacent to an activating group) is 2. The first kappa shape index (κ1) is 10.4. The van der Waals surface area contributed by atoms with E-state index in [2.05, 4.69) is 5.43 Å². The number of rotatable bonds is 4. The molecule has 0 heterocycles. The Hall–Kier alpha value is -0.610. The normalized spacial score (nSPS) is 10.3. The average molecular weight is 159 g/mol. The zero-order chi connectivity index (χ0) is 8.85. The summed E-state index contributed by atoms with van der Waals surface area (Å²) < 4.78 is 0. The van der Waals surface area contributed by atoms with E-state index in [4.69, 9.17) is 0 Å². The van der Waals surface area contributed by atoms with Gasteiger partial charge in [-0.1, -0.05) is 0 Å². The van der Waals surface area contributed by atoms with Gasteiger partial charge in [0.15, 0.2) is 0 Å². The number of hydrogen-bond acceptors (Lipinski definition) is 3. The molecule has 0 unspecified atom stereocenters. The Morgan fingerprint density at radius 2 is 1.91 bits per heavy atom. The fourth-order valence-corrected chi connectivity index (χ4v) is 0.569. The second-order valence-electron chi connectivity index (χ2n) is 2.59. The minimum Gasteiger partial charge on any atom is -0.345 e. The topological polar surface area (TPSA) is 35.6 Å². The van der Waals surface area contributed by atoms with Crippen LogP contribution >= 0.6 is 0 Å². The van der Waals surface area contributed by atoms with Crippen molar-refractivity contribution in [1.82, 2.24) is 15.3 Å². The van der Waals surface area contributed by atoms with Gasteiger partial charge < -0.3 is 4.90 Å². The van der Waals surface area contributed by atoms with Gasteiger partial charge in [-0.2, -0.15) is 0 Å². The van der Waals surface area contributed by atoms with E-state index in [-0.39, 0.29) is 5.91 Å². The van der Waals surface area contributed by atoms with Crippen molar-refractivity contribution in [3.05, 3.63) is 0 Å². The largest absolute Gasteiger partial charge is 0.345 e. The summed E-state index contributed by atoms with van der Waals surface area (Å²) in [5, 5.41) is 1.93. The summed E-state index contributed by atoms with van der Waals surface area (Å²) >= 11 is 0. The van der Waals surface area contributed by atoms with Gasteiger partial charge in [0.1, 0.15) is 0 Å². The van der Waals surface area contributed by atoms with Crippen LogP contribution in [0.3, 0.4) is 0 Å². The number of nitrogens with zero attached hydrogens (tertiary/aromatic N) is 2. The SMILES string of the molecule is CNN(C)CCN(C)C(C)=O. The lowest BCUT2D eigenvalue weighted by atomic mass is 10.5. The van der Waals surface area contributed by atoms with Crippen molar-refractivity contribution < 1.29 is 4.79 Å². The first-order chi connectivity index (χ1) is 5.07. The third kappa shape index (κ3) is 4.75. The van der Waals surface area contributed by atoms with E-state index in [1.165, 1.54) is 0 Å².